The highest BCUT2D eigenvalue weighted by Gasteiger charge is 2.22. The third kappa shape index (κ3) is 0.913. The Morgan fingerprint density at radius 2 is 2.58 bits per heavy atom. The lowest BCUT2D eigenvalue weighted by molar-refractivity contribution is 0.0689. The lowest BCUT2D eigenvalue weighted by atomic mass is 10.1. The molecule has 0 saturated heterocycles. The zero-order chi connectivity index (χ0) is 8.72. The fraction of sp³-hybridized carbons (Fsp3) is 0.500. The van der Waals surface area contributed by atoms with Gasteiger partial charge < -0.3 is 5.11 Å². The average molecular weight is 166 g/mol. The second kappa shape index (κ2) is 2.33. The van der Waals surface area contributed by atoms with Crippen molar-refractivity contribution in [3.63, 3.8) is 0 Å². The van der Waals surface area contributed by atoms with Crippen molar-refractivity contribution in [1.82, 2.24) is 9.78 Å². The van der Waals surface area contributed by atoms with Gasteiger partial charge in [-0.2, -0.15) is 5.10 Å². The van der Waals surface area contributed by atoms with E-state index in [0.717, 1.165) is 18.7 Å². The quantitative estimate of drug-likeness (QED) is 0.679. The summed E-state index contributed by atoms with van der Waals surface area (Å²) >= 11 is 0. The van der Waals surface area contributed by atoms with Crippen LogP contribution in [0.4, 0.5) is 0 Å². The smallest absolute Gasteiger partial charge is 0.356 e. The molecule has 4 heteroatoms. The van der Waals surface area contributed by atoms with Crippen molar-refractivity contribution in [2.45, 2.75) is 25.8 Å². The molecule has 0 radical (unpaired) electrons. The number of hydrogen-bond acceptors (Lipinski definition) is 2. The van der Waals surface area contributed by atoms with E-state index in [0.29, 0.717) is 5.92 Å². The predicted molar refractivity (Wildman–Crippen MR) is 42.2 cm³/mol. The number of aromatic nitrogens is 2. The third-order valence-corrected chi connectivity index (χ3v) is 2.31. The van der Waals surface area contributed by atoms with Gasteiger partial charge in [0.15, 0.2) is 5.69 Å². The summed E-state index contributed by atoms with van der Waals surface area (Å²) in [6.45, 7) is 2.94. The molecule has 0 amide bonds. The number of aryl methyl sites for hydroxylation is 1. The van der Waals surface area contributed by atoms with Crippen molar-refractivity contribution in [3.8, 4) is 0 Å². The van der Waals surface area contributed by atoms with Crippen LogP contribution < -0.4 is 0 Å². The number of nitrogens with zero attached hydrogens (tertiary/aromatic N) is 2. The van der Waals surface area contributed by atoms with Gasteiger partial charge in [0, 0.05) is 12.2 Å². The van der Waals surface area contributed by atoms with Gasteiger partial charge in [0.2, 0.25) is 0 Å². The molecule has 0 bridgehead atoms. The van der Waals surface area contributed by atoms with Crippen LogP contribution in [0.5, 0.6) is 0 Å². The van der Waals surface area contributed by atoms with Crippen LogP contribution in [-0.4, -0.2) is 20.9 Å². The van der Waals surface area contributed by atoms with Crippen molar-refractivity contribution >= 4 is 5.97 Å². The molecule has 2 rings (SSSR count). The van der Waals surface area contributed by atoms with E-state index in [9.17, 15) is 4.79 Å². The summed E-state index contributed by atoms with van der Waals surface area (Å²) in [5.41, 5.74) is 1.21. The molecule has 1 N–H and O–H groups in total. The first-order valence-electron chi connectivity index (χ1n) is 3.99. The Morgan fingerprint density at radius 3 is 3.17 bits per heavy atom. The summed E-state index contributed by atoms with van der Waals surface area (Å²) in [6.07, 6.45) is 1.07. The van der Waals surface area contributed by atoms with Gasteiger partial charge in [0.25, 0.3) is 0 Å². The zero-order valence-electron chi connectivity index (χ0n) is 6.82. The summed E-state index contributed by atoms with van der Waals surface area (Å²) in [6, 6.07) is 1.67. The molecule has 1 aliphatic heterocycles. The summed E-state index contributed by atoms with van der Waals surface area (Å²) in [7, 11) is 0. The Bertz CT molecular complexity index is 330. The van der Waals surface area contributed by atoms with Gasteiger partial charge in [-0.15, -0.1) is 0 Å². The molecule has 0 spiro atoms. The highest BCUT2D eigenvalue weighted by atomic mass is 16.4. The highest BCUT2D eigenvalue weighted by molar-refractivity contribution is 5.85. The van der Waals surface area contributed by atoms with E-state index >= 15 is 0 Å². The SMILES string of the molecule is CC1CCn2nc(C(=O)O)cc21. The molecule has 0 fully saturated rings. The Morgan fingerprint density at radius 1 is 1.83 bits per heavy atom. The Balaban J connectivity index is 2.43. The maximum atomic E-state index is 10.5. The summed E-state index contributed by atoms with van der Waals surface area (Å²) in [5, 5.41) is 12.6. The van der Waals surface area contributed by atoms with Crippen LogP contribution in [0.1, 0.15) is 35.4 Å². The van der Waals surface area contributed by atoms with E-state index in [4.69, 9.17) is 5.11 Å². The minimum atomic E-state index is -0.941. The molecule has 1 unspecified atom stereocenters. The summed E-state index contributed by atoms with van der Waals surface area (Å²) in [5.74, 6) is -0.491. The van der Waals surface area contributed by atoms with E-state index < -0.39 is 5.97 Å². The molecule has 0 saturated carbocycles. The molecule has 1 aromatic heterocycles. The predicted octanol–water partition coefficient (Wildman–Crippen LogP) is 1.09. The maximum absolute atomic E-state index is 10.5. The molecule has 64 valence electrons. The van der Waals surface area contributed by atoms with Crippen molar-refractivity contribution in [2.75, 3.05) is 0 Å². The number of hydrogen-bond donors (Lipinski definition) is 1. The van der Waals surface area contributed by atoms with Gasteiger partial charge in [-0.1, -0.05) is 6.92 Å². The number of rotatable bonds is 1. The molecule has 0 aromatic carbocycles. The van der Waals surface area contributed by atoms with Gasteiger partial charge in [0.05, 0.1) is 0 Å². The van der Waals surface area contributed by atoms with E-state index in [1.54, 1.807) is 10.7 Å². The maximum Gasteiger partial charge on any atom is 0.356 e. The van der Waals surface area contributed by atoms with E-state index in [1.807, 2.05) is 0 Å². The summed E-state index contributed by atoms with van der Waals surface area (Å²) < 4.78 is 1.79. The van der Waals surface area contributed by atoms with Crippen molar-refractivity contribution in [2.24, 2.45) is 0 Å². The Hall–Kier alpha value is -1.32. The first-order valence-corrected chi connectivity index (χ1v) is 3.99. The van der Waals surface area contributed by atoms with E-state index in [2.05, 4.69) is 12.0 Å². The minimum absolute atomic E-state index is 0.163. The molecular formula is C8H10N2O2. The molecule has 1 aromatic rings. The van der Waals surface area contributed by atoms with Gasteiger partial charge >= 0.3 is 5.97 Å². The lowest BCUT2D eigenvalue weighted by Crippen LogP contribution is -2.00. The van der Waals surface area contributed by atoms with Gasteiger partial charge in [0.1, 0.15) is 0 Å². The second-order valence-electron chi connectivity index (χ2n) is 3.17. The molecule has 0 aliphatic carbocycles. The average Bonchev–Trinajstić information content (AvgIpc) is 2.53. The van der Waals surface area contributed by atoms with Gasteiger partial charge in [-0.3, -0.25) is 4.68 Å². The minimum Gasteiger partial charge on any atom is -0.476 e. The third-order valence-electron chi connectivity index (χ3n) is 2.31. The highest BCUT2D eigenvalue weighted by Crippen LogP contribution is 2.27. The monoisotopic (exact) mass is 166 g/mol. The summed E-state index contributed by atoms with van der Waals surface area (Å²) in [4.78, 5) is 10.5. The molecular weight excluding hydrogens is 156 g/mol. The van der Waals surface area contributed by atoms with E-state index in [1.165, 1.54) is 0 Å². The van der Waals surface area contributed by atoms with Crippen LogP contribution in [0.25, 0.3) is 0 Å². The normalized spacial score (nSPS) is 20.9. The molecule has 1 aliphatic rings. The van der Waals surface area contributed by atoms with Crippen LogP contribution in [0.3, 0.4) is 0 Å². The largest absolute Gasteiger partial charge is 0.476 e. The lowest BCUT2D eigenvalue weighted by Gasteiger charge is -1.95. The van der Waals surface area contributed by atoms with Crippen molar-refractivity contribution < 1.29 is 9.90 Å². The number of carboxylic acids is 1. The first kappa shape index (κ1) is 7.34. The number of carbonyl (C=O) groups is 1. The zero-order valence-corrected chi connectivity index (χ0v) is 6.82. The van der Waals surface area contributed by atoms with Crippen molar-refractivity contribution in [3.05, 3.63) is 17.5 Å². The van der Waals surface area contributed by atoms with Crippen LogP contribution in [0, 0.1) is 0 Å². The molecule has 12 heavy (non-hydrogen) atoms. The van der Waals surface area contributed by atoms with Crippen LogP contribution in [0.15, 0.2) is 6.07 Å². The second-order valence-corrected chi connectivity index (χ2v) is 3.17. The van der Waals surface area contributed by atoms with Crippen LogP contribution >= 0.6 is 0 Å². The molecule has 4 nitrogen and oxygen atoms in total. The van der Waals surface area contributed by atoms with Gasteiger partial charge in [-0.05, 0) is 18.4 Å². The van der Waals surface area contributed by atoms with E-state index in [-0.39, 0.29) is 5.69 Å². The Labute approximate surface area is 69.8 Å². The van der Waals surface area contributed by atoms with Crippen LogP contribution in [0.2, 0.25) is 0 Å². The van der Waals surface area contributed by atoms with Crippen LogP contribution in [-0.2, 0) is 6.54 Å². The standard InChI is InChI=1S/C8H10N2O2/c1-5-2-3-10-7(5)4-6(9-10)8(11)12/h4-5H,2-3H2,1H3,(H,11,12). The topological polar surface area (TPSA) is 55.1 Å². The number of fused-ring (bicyclic) bond motifs is 1. The fourth-order valence-corrected chi connectivity index (χ4v) is 1.58. The van der Waals surface area contributed by atoms with Gasteiger partial charge in [-0.25, -0.2) is 4.79 Å². The van der Waals surface area contributed by atoms with Crippen molar-refractivity contribution in [1.29, 1.82) is 0 Å². The molecule has 2 heterocycles. The number of aromatic carboxylic acids is 1. The Kier molecular flexibility index (Phi) is 1.43. The first-order chi connectivity index (χ1) is 5.68. The fourth-order valence-electron chi connectivity index (χ4n) is 1.58. The molecule has 1 atom stereocenters. The number of carboxylic acid groups (broad SMARTS) is 1.